The maximum atomic E-state index is 13.8. The highest BCUT2D eigenvalue weighted by atomic mass is 19.1. The molecular weight excluding hydrogens is 302 g/mol. The second-order valence-corrected chi connectivity index (χ2v) is 6.08. The Morgan fingerprint density at radius 3 is 2.83 bits per heavy atom. The molecule has 0 atom stereocenters. The van der Waals surface area contributed by atoms with Crippen LogP contribution in [0, 0.1) is 11.6 Å². The van der Waals surface area contributed by atoms with Gasteiger partial charge in [-0.1, -0.05) is 0 Å². The molecule has 2 aromatic rings. The van der Waals surface area contributed by atoms with Gasteiger partial charge in [0.25, 0.3) is 0 Å². The van der Waals surface area contributed by atoms with Gasteiger partial charge in [-0.2, -0.15) is 5.10 Å². The number of piperazine rings is 1. The van der Waals surface area contributed by atoms with Gasteiger partial charge >= 0.3 is 0 Å². The molecule has 0 radical (unpaired) electrons. The Hall–Kier alpha value is -2.28. The van der Waals surface area contributed by atoms with Gasteiger partial charge in [0.05, 0.1) is 11.2 Å². The highest BCUT2D eigenvalue weighted by Crippen LogP contribution is 2.21. The van der Waals surface area contributed by atoms with E-state index < -0.39 is 17.2 Å². The molecule has 5 nitrogen and oxygen atoms in total. The van der Waals surface area contributed by atoms with Crippen LogP contribution in [0.15, 0.2) is 30.5 Å². The maximum absolute atomic E-state index is 13.8. The van der Waals surface area contributed by atoms with Gasteiger partial charge in [-0.25, -0.2) is 13.5 Å². The van der Waals surface area contributed by atoms with Crippen LogP contribution >= 0.6 is 0 Å². The van der Waals surface area contributed by atoms with Crippen LogP contribution in [0.25, 0.3) is 5.69 Å². The Morgan fingerprint density at radius 2 is 2.09 bits per heavy atom. The van der Waals surface area contributed by atoms with Crippen LogP contribution in [0.4, 0.5) is 8.78 Å². The number of benzene rings is 1. The van der Waals surface area contributed by atoms with Crippen molar-refractivity contribution in [2.75, 3.05) is 13.1 Å². The van der Waals surface area contributed by atoms with Gasteiger partial charge in [0, 0.05) is 31.9 Å². The van der Waals surface area contributed by atoms with Crippen LogP contribution in [0.1, 0.15) is 19.5 Å². The minimum atomic E-state index is -0.669. The maximum Gasteiger partial charge on any atom is 0.240 e. The molecule has 0 unspecified atom stereocenters. The zero-order valence-corrected chi connectivity index (χ0v) is 13.0. The van der Waals surface area contributed by atoms with Crippen molar-refractivity contribution in [1.82, 2.24) is 20.0 Å². The van der Waals surface area contributed by atoms with Gasteiger partial charge in [-0.05, 0) is 32.0 Å². The average Bonchev–Trinajstić information content (AvgIpc) is 2.93. The normalized spacial score (nSPS) is 18.0. The third-order valence-corrected chi connectivity index (χ3v) is 4.17. The Balaban J connectivity index is 1.81. The second kappa shape index (κ2) is 5.73. The zero-order chi connectivity index (χ0) is 16.6. The van der Waals surface area contributed by atoms with E-state index in [2.05, 4.69) is 10.4 Å². The quantitative estimate of drug-likeness (QED) is 0.939. The molecule has 1 aliphatic rings. The number of carbonyl (C=O) groups excluding carboxylic acids is 1. The van der Waals surface area contributed by atoms with Gasteiger partial charge in [-0.15, -0.1) is 0 Å². The molecule has 1 N–H and O–H groups in total. The number of aromatic nitrogens is 2. The zero-order valence-electron chi connectivity index (χ0n) is 13.0. The van der Waals surface area contributed by atoms with Gasteiger partial charge in [0.15, 0.2) is 5.82 Å². The van der Waals surface area contributed by atoms with E-state index in [-0.39, 0.29) is 11.6 Å². The monoisotopic (exact) mass is 320 g/mol. The van der Waals surface area contributed by atoms with Gasteiger partial charge in [-0.3, -0.25) is 9.69 Å². The van der Waals surface area contributed by atoms with Gasteiger partial charge in [0.2, 0.25) is 5.91 Å². The summed E-state index contributed by atoms with van der Waals surface area (Å²) in [5, 5.41) is 7.18. The Bertz CT molecular complexity index is 741. The summed E-state index contributed by atoms with van der Waals surface area (Å²) in [6.07, 6.45) is 1.63. The second-order valence-electron chi connectivity index (χ2n) is 6.08. The molecular formula is C16H18F2N4O. The number of carbonyl (C=O) groups is 1. The molecule has 0 spiro atoms. The summed E-state index contributed by atoms with van der Waals surface area (Å²) in [4.78, 5) is 14.0. The summed E-state index contributed by atoms with van der Waals surface area (Å²) in [5.41, 5.74) is 0.285. The smallest absolute Gasteiger partial charge is 0.240 e. The number of nitrogens with zero attached hydrogens (tertiary/aromatic N) is 3. The molecule has 3 rings (SSSR count). The molecule has 0 saturated carbocycles. The largest absolute Gasteiger partial charge is 0.353 e. The van der Waals surface area contributed by atoms with Crippen molar-refractivity contribution >= 4 is 5.91 Å². The van der Waals surface area contributed by atoms with Crippen molar-refractivity contribution in [1.29, 1.82) is 0 Å². The molecule has 0 aliphatic carbocycles. The first kappa shape index (κ1) is 15.6. The van der Waals surface area contributed by atoms with E-state index in [0.717, 1.165) is 18.3 Å². The van der Waals surface area contributed by atoms with Crippen molar-refractivity contribution in [3.05, 3.63) is 47.8 Å². The van der Waals surface area contributed by atoms with E-state index in [4.69, 9.17) is 0 Å². The fourth-order valence-corrected chi connectivity index (χ4v) is 2.66. The molecule has 2 heterocycles. The number of rotatable bonds is 3. The van der Waals surface area contributed by atoms with Crippen molar-refractivity contribution in [2.24, 2.45) is 0 Å². The summed E-state index contributed by atoms with van der Waals surface area (Å²) in [7, 11) is 0. The number of hydrogen-bond acceptors (Lipinski definition) is 3. The van der Waals surface area contributed by atoms with Crippen LogP contribution in [-0.4, -0.2) is 39.2 Å². The lowest BCUT2D eigenvalue weighted by atomic mass is 9.99. The van der Waals surface area contributed by atoms with E-state index >= 15 is 0 Å². The number of halogens is 2. The molecule has 1 amide bonds. The molecule has 1 aliphatic heterocycles. The predicted molar refractivity (Wildman–Crippen MR) is 81.0 cm³/mol. The number of amides is 1. The third kappa shape index (κ3) is 2.96. The van der Waals surface area contributed by atoms with Gasteiger partial charge < -0.3 is 5.32 Å². The predicted octanol–water partition coefficient (Wildman–Crippen LogP) is 1.86. The fraction of sp³-hybridized carbons (Fsp3) is 0.375. The van der Waals surface area contributed by atoms with E-state index in [1.165, 1.54) is 16.8 Å². The minimum absolute atomic E-state index is 0.0206. The highest BCUT2D eigenvalue weighted by Gasteiger charge is 2.37. The number of nitrogens with one attached hydrogen (secondary N) is 1. The average molecular weight is 320 g/mol. The Labute approximate surface area is 132 Å². The van der Waals surface area contributed by atoms with Gasteiger partial charge in [0.1, 0.15) is 11.5 Å². The Kier molecular flexibility index (Phi) is 3.89. The summed E-state index contributed by atoms with van der Waals surface area (Å²) < 4.78 is 28.2. The lowest BCUT2D eigenvalue weighted by Gasteiger charge is -2.40. The molecule has 23 heavy (non-hydrogen) atoms. The first-order chi connectivity index (χ1) is 10.9. The summed E-state index contributed by atoms with van der Waals surface area (Å²) in [6.45, 7) is 5.51. The summed E-state index contributed by atoms with van der Waals surface area (Å²) in [6, 6.07) is 5.14. The third-order valence-electron chi connectivity index (χ3n) is 4.17. The molecule has 1 aromatic heterocycles. The molecule has 7 heteroatoms. The lowest BCUT2D eigenvalue weighted by Crippen LogP contribution is -2.61. The van der Waals surface area contributed by atoms with Crippen LogP contribution in [0.3, 0.4) is 0 Å². The molecule has 0 bridgehead atoms. The van der Waals surface area contributed by atoms with Crippen molar-refractivity contribution in [3.63, 3.8) is 0 Å². The molecule has 1 aromatic carbocycles. The standard InChI is InChI=1S/C16H18F2N4O/c1-16(2)15(23)19-6-8-21(16)10-12-5-7-22(20-12)14-4-3-11(17)9-13(14)18/h3-5,7,9H,6,8,10H2,1-2H3,(H,19,23). The summed E-state index contributed by atoms with van der Waals surface area (Å²) in [5.74, 6) is -1.31. The van der Waals surface area contributed by atoms with E-state index in [9.17, 15) is 13.6 Å². The first-order valence-corrected chi connectivity index (χ1v) is 7.41. The summed E-state index contributed by atoms with van der Waals surface area (Å²) >= 11 is 0. The topological polar surface area (TPSA) is 50.2 Å². The van der Waals surface area contributed by atoms with Crippen LogP contribution in [0.2, 0.25) is 0 Å². The Morgan fingerprint density at radius 1 is 1.30 bits per heavy atom. The van der Waals surface area contributed by atoms with Crippen molar-refractivity contribution < 1.29 is 13.6 Å². The SMILES string of the molecule is CC1(C)C(=O)NCCN1Cc1ccn(-c2ccc(F)cc2F)n1. The lowest BCUT2D eigenvalue weighted by molar-refractivity contribution is -0.135. The fourth-order valence-electron chi connectivity index (χ4n) is 2.66. The van der Waals surface area contributed by atoms with Crippen molar-refractivity contribution in [2.45, 2.75) is 25.9 Å². The number of hydrogen-bond donors (Lipinski definition) is 1. The first-order valence-electron chi connectivity index (χ1n) is 7.41. The van der Waals surface area contributed by atoms with Crippen molar-refractivity contribution in [3.8, 4) is 5.69 Å². The van der Waals surface area contributed by atoms with Crippen LogP contribution in [0.5, 0.6) is 0 Å². The van der Waals surface area contributed by atoms with E-state index in [1.807, 2.05) is 18.7 Å². The van der Waals surface area contributed by atoms with E-state index in [1.54, 1.807) is 12.3 Å². The molecule has 122 valence electrons. The van der Waals surface area contributed by atoms with Crippen LogP contribution < -0.4 is 5.32 Å². The highest BCUT2D eigenvalue weighted by molar-refractivity contribution is 5.86. The van der Waals surface area contributed by atoms with Crippen LogP contribution in [-0.2, 0) is 11.3 Å². The molecule has 1 saturated heterocycles. The van der Waals surface area contributed by atoms with E-state index in [0.29, 0.717) is 13.1 Å². The minimum Gasteiger partial charge on any atom is -0.353 e. The molecule has 1 fully saturated rings.